The van der Waals surface area contributed by atoms with Crippen LogP contribution in [0.2, 0.25) is 0 Å². The fourth-order valence-electron chi connectivity index (χ4n) is 7.10. The second-order valence-corrected chi connectivity index (χ2v) is 23.3. The highest BCUT2D eigenvalue weighted by molar-refractivity contribution is 5.95. The maximum absolute atomic E-state index is 11.5. The normalized spacial score (nSPS) is 10.9. The lowest BCUT2D eigenvalue weighted by Crippen LogP contribution is -2.17. The van der Waals surface area contributed by atoms with Gasteiger partial charge in [0.15, 0.2) is 0 Å². The standard InChI is InChI=1S/C15H24O.2C11H15NO2.2C11H16O2.C7H6O2/c1-10-8-11(14(2,3)4)13(16)12(9-10)15(5,6)7;1-8(2)7-14-11(13)9-5-3-4-6-10(9)12;1-2-3-8-14-11(13)9-6-4-5-7-10(9)12;1-11(2,3)9-7-8(13-4)5-6-10(9)12;1-11(2,3)9-7-8(12)5-6-10(9)13-4;8-7(9)6-4-2-1-3-5-6/h8-9,16H,1-7H3;3-6,8H,7,12H2,1-2H3;4-7H,2-3,8,12H2,1H3;2*5-7,12H,1-4H3;1-5H,(H,8,9). The second-order valence-electron chi connectivity index (χ2n) is 23.3. The number of methoxy groups -OCH3 is 2. The summed E-state index contributed by atoms with van der Waals surface area (Å²) in [6, 6.07) is 36.8. The van der Waals surface area contributed by atoms with Gasteiger partial charge in [0, 0.05) is 22.5 Å². The van der Waals surface area contributed by atoms with Crippen molar-refractivity contribution in [3.63, 3.8) is 0 Å². The van der Waals surface area contributed by atoms with E-state index in [0.717, 1.165) is 46.6 Å². The number of carbonyl (C=O) groups excluding carboxylic acids is 2. The quantitative estimate of drug-likeness (QED) is 0.0427. The molecular formula is C66H92N2O11. The molecule has 6 rings (SSSR count). The van der Waals surface area contributed by atoms with Gasteiger partial charge in [-0.05, 0) is 125 Å². The van der Waals surface area contributed by atoms with Gasteiger partial charge < -0.3 is 50.8 Å². The van der Waals surface area contributed by atoms with Gasteiger partial charge >= 0.3 is 17.9 Å². The number of phenols is 3. The first kappa shape index (κ1) is 69.3. The number of benzene rings is 6. The summed E-state index contributed by atoms with van der Waals surface area (Å²) in [6.45, 7) is 34.2. The van der Waals surface area contributed by atoms with Crippen LogP contribution >= 0.6 is 0 Å². The van der Waals surface area contributed by atoms with E-state index in [1.165, 1.54) is 5.56 Å². The molecule has 8 N–H and O–H groups in total. The lowest BCUT2D eigenvalue weighted by Gasteiger charge is -2.27. The molecule has 6 aromatic carbocycles. The van der Waals surface area contributed by atoms with Crippen LogP contribution < -0.4 is 20.9 Å². The Morgan fingerprint density at radius 1 is 0.544 bits per heavy atom. The topological polar surface area (TPSA) is 221 Å². The molecule has 0 amide bonds. The van der Waals surface area contributed by atoms with Gasteiger partial charge in [-0.2, -0.15) is 0 Å². The summed E-state index contributed by atoms with van der Waals surface area (Å²) in [5, 5.41) is 37.7. The van der Waals surface area contributed by atoms with Crippen molar-refractivity contribution in [3.8, 4) is 28.7 Å². The van der Waals surface area contributed by atoms with Crippen LogP contribution in [-0.2, 0) is 31.1 Å². The second kappa shape index (κ2) is 32.3. The molecule has 0 aliphatic rings. The van der Waals surface area contributed by atoms with Crippen molar-refractivity contribution >= 4 is 29.3 Å². The molecule has 13 heteroatoms. The van der Waals surface area contributed by atoms with Gasteiger partial charge in [0.05, 0.1) is 44.1 Å². The first-order chi connectivity index (χ1) is 36.6. The fourth-order valence-corrected chi connectivity index (χ4v) is 7.10. The Morgan fingerprint density at radius 2 is 1.00 bits per heavy atom. The van der Waals surface area contributed by atoms with Crippen LogP contribution in [0.4, 0.5) is 11.4 Å². The SMILES string of the molecule is CC(C)COC(=O)c1ccccc1N.CCCCOC(=O)c1ccccc1N.COc1ccc(O)c(C(C)(C)C)c1.COc1ccc(O)cc1C(C)(C)C.Cc1cc(C(C)(C)C)c(O)c(C(C)(C)C)c1.O=C(O)c1ccccc1. The van der Waals surface area contributed by atoms with Gasteiger partial charge in [-0.1, -0.05) is 170 Å². The largest absolute Gasteiger partial charge is 0.508 e. The van der Waals surface area contributed by atoms with Crippen molar-refractivity contribution in [1.29, 1.82) is 0 Å². The summed E-state index contributed by atoms with van der Waals surface area (Å²) >= 11 is 0. The van der Waals surface area contributed by atoms with E-state index in [1.54, 1.807) is 123 Å². The number of carboxylic acid groups (broad SMARTS) is 1. The van der Waals surface area contributed by atoms with E-state index in [9.17, 15) is 29.7 Å². The Bertz CT molecular complexity index is 2780. The highest BCUT2D eigenvalue weighted by atomic mass is 16.5. The highest BCUT2D eigenvalue weighted by Crippen LogP contribution is 2.40. The van der Waals surface area contributed by atoms with Crippen molar-refractivity contribution in [2.75, 3.05) is 38.9 Å². The van der Waals surface area contributed by atoms with Crippen molar-refractivity contribution in [2.24, 2.45) is 5.92 Å². The maximum atomic E-state index is 11.5. The molecule has 0 bridgehead atoms. The van der Waals surface area contributed by atoms with Gasteiger partial charge in [-0.3, -0.25) is 0 Å². The summed E-state index contributed by atoms with van der Waals surface area (Å²) in [5.41, 5.74) is 18.5. The Labute approximate surface area is 471 Å². The van der Waals surface area contributed by atoms with Gasteiger partial charge in [0.25, 0.3) is 0 Å². The number of anilines is 2. The molecule has 0 atom stereocenters. The van der Waals surface area contributed by atoms with Crippen molar-refractivity contribution < 1.29 is 53.8 Å². The summed E-state index contributed by atoms with van der Waals surface area (Å²) in [4.78, 5) is 33.1. The average Bonchev–Trinajstić information content (AvgIpc) is 3.36. The van der Waals surface area contributed by atoms with E-state index in [0.29, 0.717) is 58.7 Å². The molecule has 0 aliphatic carbocycles. The molecule has 0 aliphatic heterocycles. The lowest BCUT2D eigenvalue weighted by molar-refractivity contribution is 0.0458. The third-order valence-electron chi connectivity index (χ3n) is 11.5. The number of carboxylic acids is 1. The molecule has 0 radical (unpaired) electrons. The van der Waals surface area contributed by atoms with E-state index in [2.05, 4.69) is 102 Å². The number of phenolic OH excluding ortho intramolecular Hbond substituents is 3. The molecule has 0 heterocycles. The van der Waals surface area contributed by atoms with Crippen LogP contribution in [0.3, 0.4) is 0 Å². The number of unbranched alkanes of at least 4 members (excludes halogenated alkanes) is 1. The molecule has 0 spiro atoms. The molecule has 0 fully saturated rings. The first-order valence-corrected chi connectivity index (χ1v) is 26.5. The third-order valence-corrected chi connectivity index (χ3v) is 11.5. The monoisotopic (exact) mass is 1090 g/mol. The number of nitrogens with two attached hydrogens (primary N) is 2. The predicted molar refractivity (Wildman–Crippen MR) is 322 cm³/mol. The van der Waals surface area contributed by atoms with Crippen molar-refractivity contribution in [2.45, 2.75) is 145 Å². The van der Waals surface area contributed by atoms with Crippen molar-refractivity contribution in [3.05, 3.63) is 172 Å². The minimum atomic E-state index is -0.879. The molecule has 0 aromatic heterocycles. The smallest absolute Gasteiger partial charge is 0.340 e. The minimum Gasteiger partial charge on any atom is -0.508 e. The maximum Gasteiger partial charge on any atom is 0.340 e. The molecule has 0 saturated carbocycles. The zero-order valence-electron chi connectivity index (χ0n) is 50.3. The van der Waals surface area contributed by atoms with E-state index in [4.69, 9.17) is 35.5 Å². The number of aryl methyl sites for hydroxylation is 1. The van der Waals surface area contributed by atoms with Crippen LogP contribution in [0.1, 0.15) is 176 Å². The van der Waals surface area contributed by atoms with Crippen LogP contribution in [-0.4, -0.2) is 65.8 Å². The fraction of sp³-hybridized carbons (Fsp3) is 0.409. The molecule has 6 aromatic rings. The number of aromatic hydroxyl groups is 3. The Kier molecular flexibility index (Phi) is 28.3. The van der Waals surface area contributed by atoms with E-state index in [-0.39, 0.29) is 39.3 Å². The summed E-state index contributed by atoms with van der Waals surface area (Å²) < 4.78 is 20.4. The number of nitrogen functional groups attached to an aromatic ring is 2. The number of hydrogen-bond donors (Lipinski definition) is 6. The van der Waals surface area contributed by atoms with Crippen LogP contribution in [0, 0.1) is 12.8 Å². The molecule has 432 valence electrons. The van der Waals surface area contributed by atoms with Gasteiger partial charge in [0.2, 0.25) is 0 Å². The molecular weight excluding hydrogens is 997 g/mol. The van der Waals surface area contributed by atoms with Crippen molar-refractivity contribution in [1.82, 2.24) is 0 Å². The van der Waals surface area contributed by atoms with Gasteiger partial charge in [-0.25, -0.2) is 14.4 Å². The third kappa shape index (κ3) is 25.1. The van der Waals surface area contributed by atoms with Crippen LogP contribution in [0.25, 0.3) is 0 Å². The van der Waals surface area contributed by atoms with Crippen LogP contribution in [0.15, 0.2) is 127 Å². The Hall–Kier alpha value is -7.67. The summed E-state index contributed by atoms with van der Waals surface area (Å²) in [6.07, 6.45) is 1.90. The van der Waals surface area contributed by atoms with E-state index >= 15 is 0 Å². The molecule has 79 heavy (non-hydrogen) atoms. The number of carbonyl (C=O) groups is 3. The Morgan fingerprint density at radius 3 is 1.39 bits per heavy atom. The number of ether oxygens (including phenoxy) is 4. The summed E-state index contributed by atoms with van der Waals surface area (Å²) in [7, 11) is 3.26. The lowest BCUT2D eigenvalue weighted by atomic mass is 9.78. The average molecular weight is 1090 g/mol. The number of esters is 2. The summed E-state index contributed by atoms with van der Waals surface area (Å²) in [5.74, 6) is 1.45. The number of rotatable bonds is 10. The highest BCUT2D eigenvalue weighted by Gasteiger charge is 2.26. The van der Waals surface area contributed by atoms with E-state index < -0.39 is 5.97 Å². The predicted octanol–water partition coefficient (Wildman–Crippen LogP) is 15.4. The number of hydrogen-bond acceptors (Lipinski definition) is 12. The molecule has 0 saturated heterocycles. The first-order valence-electron chi connectivity index (χ1n) is 26.5. The zero-order valence-corrected chi connectivity index (χ0v) is 50.3. The molecule has 13 nitrogen and oxygen atoms in total. The van der Waals surface area contributed by atoms with Gasteiger partial charge in [0.1, 0.15) is 28.7 Å². The zero-order chi connectivity index (χ0) is 60.5. The number of aromatic carboxylic acids is 1. The van der Waals surface area contributed by atoms with Gasteiger partial charge in [-0.15, -0.1) is 0 Å². The number of para-hydroxylation sites is 2. The van der Waals surface area contributed by atoms with E-state index in [1.807, 2.05) is 26.8 Å². The minimum absolute atomic E-state index is 0.00984. The van der Waals surface area contributed by atoms with Crippen LogP contribution in [0.5, 0.6) is 28.7 Å². The molecule has 0 unspecified atom stereocenters. The Balaban J connectivity index is 0.000000477.